The predicted molar refractivity (Wildman–Crippen MR) is 67.4 cm³/mol. The standard InChI is InChI=1S/C11H14F3N5O/c1-16-18-10(15)19(17-2)9(20)7-4-3-5-8(6-7)11(12,13)14/h3-6,16-17H,1-2H3,(H2,15,18). The van der Waals surface area contributed by atoms with Crippen molar-refractivity contribution in [1.82, 2.24) is 15.9 Å². The van der Waals surface area contributed by atoms with Gasteiger partial charge in [-0.2, -0.15) is 13.2 Å². The highest BCUT2D eigenvalue weighted by molar-refractivity contribution is 6.04. The second-order valence-electron chi connectivity index (χ2n) is 3.64. The highest BCUT2D eigenvalue weighted by Crippen LogP contribution is 2.29. The molecular formula is C11H14F3N5O. The first-order valence-electron chi connectivity index (χ1n) is 5.50. The molecule has 9 heteroatoms. The molecule has 0 aromatic heterocycles. The molecule has 1 amide bonds. The molecule has 0 aliphatic carbocycles. The van der Waals surface area contributed by atoms with Crippen LogP contribution in [0.3, 0.4) is 0 Å². The van der Waals surface area contributed by atoms with Gasteiger partial charge in [-0.05, 0) is 18.2 Å². The molecule has 0 saturated heterocycles. The van der Waals surface area contributed by atoms with Gasteiger partial charge in [0.05, 0.1) is 5.56 Å². The van der Waals surface area contributed by atoms with E-state index in [9.17, 15) is 18.0 Å². The maximum atomic E-state index is 12.6. The summed E-state index contributed by atoms with van der Waals surface area (Å²) in [4.78, 5) is 12.1. The number of nitrogens with two attached hydrogens (primary N) is 1. The number of hydrazine groups is 1. The van der Waals surface area contributed by atoms with Crippen molar-refractivity contribution in [2.75, 3.05) is 14.1 Å². The molecule has 0 fully saturated rings. The first-order chi connectivity index (χ1) is 9.31. The van der Waals surface area contributed by atoms with Crippen molar-refractivity contribution in [3.63, 3.8) is 0 Å². The van der Waals surface area contributed by atoms with Crippen molar-refractivity contribution >= 4 is 11.9 Å². The number of hydrazone groups is 1. The average molecular weight is 289 g/mol. The summed E-state index contributed by atoms with van der Waals surface area (Å²) in [7, 11) is 2.86. The SMILES string of the molecule is CNN=C(N)N(NC)C(=O)c1cccc(C(F)(F)F)c1. The van der Waals surface area contributed by atoms with Crippen LogP contribution in [0, 0.1) is 0 Å². The first kappa shape index (κ1) is 15.8. The molecule has 0 heterocycles. The second kappa shape index (κ2) is 6.24. The van der Waals surface area contributed by atoms with E-state index < -0.39 is 17.6 Å². The number of rotatable bonds is 3. The molecular weight excluding hydrogens is 275 g/mol. The maximum Gasteiger partial charge on any atom is 0.416 e. The van der Waals surface area contributed by atoms with E-state index in [-0.39, 0.29) is 11.5 Å². The average Bonchev–Trinajstić information content (AvgIpc) is 2.39. The number of halogens is 3. The van der Waals surface area contributed by atoms with Crippen LogP contribution in [0.5, 0.6) is 0 Å². The van der Waals surface area contributed by atoms with Gasteiger partial charge in [0.2, 0.25) is 5.96 Å². The highest BCUT2D eigenvalue weighted by atomic mass is 19.4. The highest BCUT2D eigenvalue weighted by Gasteiger charge is 2.31. The van der Waals surface area contributed by atoms with E-state index in [0.29, 0.717) is 0 Å². The van der Waals surface area contributed by atoms with Crippen LogP contribution in [0.2, 0.25) is 0 Å². The smallest absolute Gasteiger partial charge is 0.367 e. The van der Waals surface area contributed by atoms with E-state index in [2.05, 4.69) is 16.0 Å². The molecule has 6 nitrogen and oxygen atoms in total. The van der Waals surface area contributed by atoms with Crippen LogP contribution in [0.1, 0.15) is 15.9 Å². The Morgan fingerprint density at radius 1 is 1.35 bits per heavy atom. The predicted octanol–water partition coefficient (Wildman–Crippen LogP) is 0.731. The van der Waals surface area contributed by atoms with Gasteiger partial charge in [0.1, 0.15) is 0 Å². The number of alkyl halides is 3. The van der Waals surface area contributed by atoms with E-state index in [1.54, 1.807) is 0 Å². The van der Waals surface area contributed by atoms with Crippen LogP contribution in [0.25, 0.3) is 0 Å². The number of carbonyl (C=O) groups is 1. The Hall–Kier alpha value is -2.29. The van der Waals surface area contributed by atoms with E-state index in [4.69, 9.17) is 5.73 Å². The van der Waals surface area contributed by atoms with Gasteiger partial charge in [-0.25, -0.2) is 10.4 Å². The minimum atomic E-state index is -4.52. The lowest BCUT2D eigenvalue weighted by Gasteiger charge is -2.20. The molecule has 110 valence electrons. The quantitative estimate of drug-likeness (QED) is 0.435. The van der Waals surface area contributed by atoms with Gasteiger partial charge in [0.25, 0.3) is 5.91 Å². The van der Waals surface area contributed by atoms with Crippen LogP contribution in [0.15, 0.2) is 29.4 Å². The summed E-state index contributed by atoms with van der Waals surface area (Å²) < 4.78 is 37.8. The molecule has 0 atom stereocenters. The Balaban J connectivity index is 3.11. The first-order valence-corrected chi connectivity index (χ1v) is 5.50. The van der Waals surface area contributed by atoms with Crippen LogP contribution in [-0.2, 0) is 6.18 Å². The van der Waals surface area contributed by atoms with Crippen LogP contribution in [-0.4, -0.2) is 31.0 Å². The van der Waals surface area contributed by atoms with Crippen LogP contribution >= 0.6 is 0 Å². The van der Waals surface area contributed by atoms with Gasteiger partial charge < -0.3 is 11.2 Å². The molecule has 1 aromatic rings. The minimum absolute atomic E-state index is 0.163. The van der Waals surface area contributed by atoms with E-state index in [0.717, 1.165) is 23.2 Å². The number of nitrogens with zero attached hydrogens (tertiary/aromatic N) is 2. The largest absolute Gasteiger partial charge is 0.416 e. The summed E-state index contributed by atoms with van der Waals surface area (Å²) in [6, 6.07) is 4.04. The lowest BCUT2D eigenvalue weighted by atomic mass is 10.1. The molecule has 1 rings (SSSR count). The molecule has 4 N–H and O–H groups in total. The Kier molecular flexibility index (Phi) is 4.92. The normalized spacial score (nSPS) is 12.2. The molecule has 0 bridgehead atoms. The Morgan fingerprint density at radius 3 is 2.50 bits per heavy atom. The molecule has 0 aliphatic heterocycles. The molecule has 0 aliphatic rings. The second-order valence-corrected chi connectivity index (χ2v) is 3.64. The Bertz CT molecular complexity index is 515. The monoisotopic (exact) mass is 289 g/mol. The van der Waals surface area contributed by atoms with Crippen molar-refractivity contribution in [2.45, 2.75) is 6.18 Å². The lowest BCUT2D eigenvalue weighted by Crippen LogP contribution is -2.49. The minimum Gasteiger partial charge on any atom is -0.367 e. The third-order valence-electron chi connectivity index (χ3n) is 2.32. The summed E-state index contributed by atoms with van der Waals surface area (Å²) in [6.45, 7) is 0. The number of hydrogen-bond donors (Lipinski definition) is 3. The molecule has 20 heavy (non-hydrogen) atoms. The van der Waals surface area contributed by atoms with Gasteiger partial charge in [0.15, 0.2) is 0 Å². The van der Waals surface area contributed by atoms with Gasteiger partial charge in [-0.1, -0.05) is 6.07 Å². The zero-order chi connectivity index (χ0) is 15.3. The number of nitrogens with one attached hydrogen (secondary N) is 2. The number of amides is 1. The number of guanidine groups is 1. The maximum absolute atomic E-state index is 12.6. The number of hydrogen-bond acceptors (Lipinski definition) is 4. The third-order valence-corrected chi connectivity index (χ3v) is 2.32. The fourth-order valence-electron chi connectivity index (χ4n) is 1.44. The molecule has 0 spiro atoms. The summed E-state index contributed by atoms with van der Waals surface area (Å²) in [6.07, 6.45) is -4.52. The lowest BCUT2D eigenvalue weighted by molar-refractivity contribution is -0.137. The van der Waals surface area contributed by atoms with Crippen molar-refractivity contribution in [3.05, 3.63) is 35.4 Å². The zero-order valence-electron chi connectivity index (χ0n) is 10.8. The Morgan fingerprint density at radius 2 is 2.00 bits per heavy atom. The van der Waals surface area contributed by atoms with Gasteiger partial charge >= 0.3 is 6.18 Å². The van der Waals surface area contributed by atoms with Crippen LogP contribution < -0.4 is 16.6 Å². The molecule has 0 unspecified atom stereocenters. The van der Waals surface area contributed by atoms with E-state index in [1.807, 2.05) is 0 Å². The van der Waals surface area contributed by atoms with Crippen molar-refractivity contribution in [1.29, 1.82) is 0 Å². The van der Waals surface area contributed by atoms with Gasteiger partial charge in [-0.15, -0.1) is 5.10 Å². The van der Waals surface area contributed by atoms with Crippen molar-refractivity contribution < 1.29 is 18.0 Å². The van der Waals surface area contributed by atoms with Gasteiger partial charge in [0, 0.05) is 19.7 Å². The van der Waals surface area contributed by atoms with Crippen molar-refractivity contribution in [3.8, 4) is 0 Å². The zero-order valence-corrected chi connectivity index (χ0v) is 10.8. The number of benzene rings is 1. The topological polar surface area (TPSA) is 82.8 Å². The van der Waals surface area contributed by atoms with E-state index >= 15 is 0 Å². The van der Waals surface area contributed by atoms with Gasteiger partial charge in [-0.3, -0.25) is 4.79 Å². The fourth-order valence-corrected chi connectivity index (χ4v) is 1.44. The summed E-state index contributed by atoms with van der Waals surface area (Å²) in [5, 5.41) is 4.40. The third kappa shape index (κ3) is 3.60. The molecule has 1 aromatic carbocycles. The Labute approximate surface area is 113 Å². The van der Waals surface area contributed by atoms with E-state index in [1.165, 1.54) is 20.2 Å². The van der Waals surface area contributed by atoms with Crippen molar-refractivity contribution in [2.24, 2.45) is 10.8 Å². The van der Waals surface area contributed by atoms with Crippen LogP contribution in [0.4, 0.5) is 13.2 Å². The summed E-state index contributed by atoms with van der Waals surface area (Å²) >= 11 is 0. The summed E-state index contributed by atoms with van der Waals surface area (Å²) in [5.74, 6) is -0.979. The number of carbonyl (C=O) groups excluding carboxylic acids is 1. The molecule has 0 radical (unpaired) electrons. The fraction of sp³-hybridized carbons (Fsp3) is 0.273. The molecule has 0 saturated carbocycles. The summed E-state index contributed by atoms with van der Waals surface area (Å²) in [5.41, 5.74) is 9.26.